The minimum absolute atomic E-state index is 0.340. The Bertz CT molecular complexity index is 884. The van der Waals surface area contributed by atoms with Crippen molar-refractivity contribution in [3.8, 4) is 0 Å². The summed E-state index contributed by atoms with van der Waals surface area (Å²) >= 11 is 6.38. The number of carbonyl (C=O) groups excluding carboxylic acids is 1. The number of likely N-dealkylation sites (tertiary alicyclic amines) is 1. The Kier molecular flexibility index (Phi) is 8.08. The Hall–Kier alpha value is -1.71. The third kappa shape index (κ3) is 6.35. The molecule has 1 unspecified atom stereocenters. The summed E-state index contributed by atoms with van der Waals surface area (Å²) in [6.07, 6.45) is -3.91. The van der Waals surface area contributed by atoms with E-state index in [0.29, 0.717) is 43.2 Å². The van der Waals surface area contributed by atoms with Crippen molar-refractivity contribution in [2.24, 2.45) is 5.41 Å². The molecular formula is C25H36ClF3N4O2. The van der Waals surface area contributed by atoms with Crippen LogP contribution >= 0.6 is 11.6 Å². The zero-order valence-electron chi connectivity index (χ0n) is 20.6. The van der Waals surface area contributed by atoms with E-state index in [1.807, 2.05) is 12.1 Å². The van der Waals surface area contributed by atoms with Crippen molar-refractivity contribution >= 4 is 23.4 Å². The number of anilines is 1. The summed E-state index contributed by atoms with van der Waals surface area (Å²) in [4.78, 5) is 20.7. The second-order valence-corrected chi connectivity index (χ2v) is 10.6. The lowest BCUT2D eigenvalue weighted by Crippen LogP contribution is -2.49. The van der Waals surface area contributed by atoms with Gasteiger partial charge in [-0.3, -0.25) is 4.90 Å². The number of piperidine rings is 1. The van der Waals surface area contributed by atoms with Gasteiger partial charge in [-0.2, -0.15) is 13.2 Å². The normalized spacial score (nSPS) is 22.6. The molecule has 0 aromatic heterocycles. The third-order valence-electron chi connectivity index (χ3n) is 7.94. The molecule has 0 radical (unpaired) electrons. The molecule has 1 amide bonds. The number of ether oxygens (including phenoxy) is 1. The van der Waals surface area contributed by atoms with Crippen molar-refractivity contribution in [2.45, 2.75) is 51.9 Å². The number of amides is 1. The molecule has 3 aliphatic heterocycles. The Morgan fingerprint density at radius 1 is 1.06 bits per heavy atom. The van der Waals surface area contributed by atoms with Crippen molar-refractivity contribution in [1.29, 1.82) is 0 Å². The van der Waals surface area contributed by atoms with Gasteiger partial charge in [0.15, 0.2) is 6.10 Å². The second kappa shape index (κ2) is 10.7. The molecular weight excluding hydrogens is 481 g/mol. The highest BCUT2D eigenvalue weighted by molar-refractivity contribution is 6.30. The number of piperazine rings is 1. The smallest absolute Gasteiger partial charge is 0.425 e. The SMILES string of the molecule is CCN1CCC2(CCN(c3cc(Cl)ccc3CN3CCN(C(=O)OC(C)C(F)(F)F)CC3)CC2)C1. The summed E-state index contributed by atoms with van der Waals surface area (Å²) in [5.41, 5.74) is 2.80. The van der Waals surface area contributed by atoms with E-state index in [2.05, 4.69) is 32.4 Å². The number of alkyl halides is 3. The quantitative estimate of drug-likeness (QED) is 0.559. The van der Waals surface area contributed by atoms with Gasteiger partial charge >= 0.3 is 12.3 Å². The van der Waals surface area contributed by atoms with Gasteiger partial charge in [0.25, 0.3) is 0 Å². The lowest BCUT2D eigenvalue weighted by Gasteiger charge is -2.41. The first kappa shape index (κ1) is 26.4. The summed E-state index contributed by atoms with van der Waals surface area (Å²) in [5.74, 6) is 0. The van der Waals surface area contributed by atoms with Crippen LogP contribution in [0.5, 0.6) is 0 Å². The van der Waals surface area contributed by atoms with Gasteiger partial charge in [0.05, 0.1) is 0 Å². The number of hydrogen-bond donors (Lipinski definition) is 0. The van der Waals surface area contributed by atoms with E-state index in [1.165, 1.54) is 48.5 Å². The molecule has 1 aromatic carbocycles. The van der Waals surface area contributed by atoms with Crippen LogP contribution in [0.15, 0.2) is 18.2 Å². The van der Waals surface area contributed by atoms with Gasteiger partial charge in [-0.25, -0.2) is 4.79 Å². The summed E-state index contributed by atoms with van der Waals surface area (Å²) in [6, 6.07) is 6.03. The molecule has 0 saturated carbocycles. The maximum absolute atomic E-state index is 12.7. The maximum Gasteiger partial charge on any atom is 0.425 e. The maximum atomic E-state index is 12.7. The van der Waals surface area contributed by atoms with Crippen molar-refractivity contribution in [3.05, 3.63) is 28.8 Å². The first-order chi connectivity index (χ1) is 16.6. The number of benzene rings is 1. The number of nitrogens with zero attached hydrogens (tertiary/aromatic N) is 4. The third-order valence-corrected chi connectivity index (χ3v) is 8.17. The molecule has 196 valence electrons. The molecule has 0 aliphatic carbocycles. The first-order valence-corrected chi connectivity index (χ1v) is 13.0. The molecule has 35 heavy (non-hydrogen) atoms. The van der Waals surface area contributed by atoms with Crippen molar-refractivity contribution < 1.29 is 22.7 Å². The first-order valence-electron chi connectivity index (χ1n) is 12.6. The van der Waals surface area contributed by atoms with Gasteiger partial charge in [-0.15, -0.1) is 0 Å². The molecule has 6 nitrogen and oxygen atoms in total. The summed E-state index contributed by atoms with van der Waals surface area (Å²) in [6.45, 7) is 11.2. The molecule has 3 saturated heterocycles. The Labute approximate surface area is 210 Å². The van der Waals surface area contributed by atoms with Crippen LogP contribution in [-0.2, 0) is 11.3 Å². The van der Waals surface area contributed by atoms with E-state index in [-0.39, 0.29) is 0 Å². The Morgan fingerprint density at radius 3 is 2.31 bits per heavy atom. The summed E-state index contributed by atoms with van der Waals surface area (Å²) in [5, 5.41) is 0.716. The van der Waals surface area contributed by atoms with Crippen LogP contribution in [0.4, 0.5) is 23.7 Å². The summed E-state index contributed by atoms with van der Waals surface area (Å²) in [7, 11) is 0. The van der Waals surface area contributed by atoms with Crippen molar-refractivity contribution in [3.63, 3.8) is 0 Å². The minimum Gasteiger partial charge on any atom is -0.437 e. The lowest BCUT2D eigenvalue weighted by atomic mass is 9.77. The van der Waals surface area contributed by atoms with Gasteiger partial charge in [0.1, 0.15) is 0 Å². The topological polar surface area (TPSA) is 39.3 Å². The molecule has 1 atom stereocenters. The van der Waals surface area contributed by atoms with Gasteiger partial charge < -0.3 is 19.4 Å². The fraction of sp³-hybridized carbons (Fsp3) is 0.720. The zero-order valence-corrected chi connectivity index (χ0v) is 21.4. The van der Waals surface area contributed by atoms with Crippen LogP contribution in [-0.4, -0.2) is 92.0 Å². The lowest BCUT2D eigenvalue weighted by molar-refractivity contribution is -0.200. The fourth-order valence-corrected chi connectivity index (χ4v) is 5.68. The molecule has 1 spiro atoms. The molecule has 3 heterocycles. The van der Waals surface area contributed by atoms with Crippen molar-refractivity contribution in [2.75, 3.05) is 63.8 Å². The highest BCUT2D eigenvalue weighted by Crippen LogP contribution is 2.42. The average Bonchev–Trinajstić information content (AvgIpc) is 3.23. The van der Waals surface area contributed by atoms with Crippen LogP contribution in [0, 0.1) is 5.41 Å². The van der Waals surface area contributed by atoms with Crippen molar-refractivity contribution in [1.82, 2.24) is 14.7 Å². The van der Waals surface area contributed by atoms with Crippen LogP contribution in [0.25, 0.3) is 0 Å². The van der Waals surface area contributed by atoms with E-state index < -0.39 is 18.4 Å². The van der Waals surface area contributed by atoms with Gasteiger partial charge in [-0.1, -0.05) is 24.6 Å². The number of hydrogen-bond acceptors (Lipinski definition) is 5. The van der Waals surface area contributed by atoms with Gasteiger partial charge in [0.2, 0.25) is 0 Å². The molecule has 10 heteroatoms. The van der Waals surface area contributed by atoms with Crippen LogP contribution in [0.2, 0.25) is 5.02 Å². The largest absolute Gasteiger partial charge is 0.437 e. The van der Waals surface area contributed by atoms with Gasteiger partial charge in [0, 0.05) is 63.1 Å². The van der Waals surface area contributed by atoms with Crippen LogP contribution in [0.3, 0.4) is 0 Å². The molecule has 3 aliphatic rings. The van der Waals surface area contributed by atoms with E-state index >= 15 is 0 Å². The predicted molar refractivity (Wildman–Crippen MR) is 131 cm³/mol. The molecule has 3 fully saturated rings. The number of carbonyl (C=O) groups is 1. The highest BCUT2D eigenvalue weighted by Gasteiger charge is 2.41. The molecule has 4 rings (SSSR count). The van der Waals surface area contributed by atoms with E-state index in [1.54, 1.807) is 0 Å². The van der Waals surface area contributed by atoms with E-state index in [4.69, 9.17) is 11.6 Å². The minimum atomic E-state index is -4.55. The molecule has 1 aromatic rings. The standard InChI is InChI=1S/C25H36ClF3N4O2/c1-3-30-9-6-24(18-30)7-10-32(11-8-24)22-16-21(26)5-4-20(22)17-31-12-14-33(15-13-31)23(34)35-19(2)25(27,28)29/h4-5,16,19H,3,6-15,17-18H2,1-2H3. The fourth-order valence-electron chi connectivity index (χ4n) is 5.51. The average molecular weight is 517 g/mol. The summed E-state index contributed by atoms with van der Waals surface area (Å²) < 4.78 is 42.7. The second-order valence-electron chi connectivity index (χ2n) is 10.2. The monoisotopic (exact) mass is 516 g/mol. The highest BCUT2D eigenvalue weighted by atomic mass is 35.5. The Morgan fingerprint density at radius 2 is 1.71 bits per heavy atom. The molecule has 0 N–H and O–H groups in total. The number of rotatable bonds is 5. The van der Waals surface area contributed by atoms with E-state index in [9.17, 15) is 18.0 Å². The van der Waals surface area contributed by atoms with E-state index in [0.717, 1.165) is 26.6 Å². The van der Waals surface area contributed by atoms with Crippen LogP contribution < -0.4 is 4.90 Å². The predicted octanol–water partition coefficient (Wildman–Crippen LogP) is 4.86. The zero-order chi connectivity index (χ0) is 25.2. The number of halogens is 4. The van der Waals surface area contributed by atoms with Gasteiger partial charge in [-0.05, 0) is 62.4 Å². The Balaban J connectivity index is 1.33. The molecule has 0 bridgehead atoms. The van der Waals surface area contributed by atoms with Crippen LogP contribution in [0.1, 0.15) is 38.7 Å².